The molecule has 29 nitrogen and oxygen atoms in total. The lowest BCUT2D eigenvalue weighted by Crippen LogP contribution is -2.38. The zero-order chi connectivity index (χ0) is 46.7. The highest BCUT2D eigenvalue weighted by Crippen LogP contribution is 2.53. The summed E-state index contributed by atoms with van der Waals surface area (Å²) >= 11 is 11.0. The van der Waals surface area contributed by atoms with E-state index in [1.165, 1.54) is 52.4 Å². The molecule has 9 rings (SSSR count). The van der Waals surface area contributed by atoms with Crippen LogP contribution in [0.15, 0.2) is 36.6 Å². The van der Waals surface area contributed by atoms with Gasteiger partial charge in [-0.25, -0.2) is 39.9 Å². The Labute approximate surface area is 381 Å². The second-order valence-electron chi connectivity index (χ2n) is 15.3. The summed E-state index contributed by atoms with van der Waals surface area (Å²) in [4.78, 5) is 67.9. The predicted octanol–water partition coefficient (Wildman–Crippen LogP) is -1.26. The first-order chi connectivity index (χ1) is 31.5. The van der Waals surface area contributed by atoms with Crippen molar-refractivity contribution >= 4 is 88.6 Å². The van der Waals surface area contributed by atoms with Crippen LogP contribution in [0.2, 0.25) is 0 Å². The van der Waals surface area contributed by atoms with Crippen molar-refractivity contribution in [1.82, 2.24) is 48.6 Å². The Hall–Kier alpha value is -4.53. The number of nitrogens with two attached hydrogens (primary N) is 3. The summed E-state index contributed by atoms with van der Waals surface area (Å²) in [5, 5.41) is 34.4. The highest BCUT2D eigenvalue weighted by molar-refractivity contribution is 8.07. The molecule has 3 saturated heterocycles. The molecular weight excluding hydrogens is 957 g/mol. The number of aliphatic hydroxyl groups is 2. The van der Waals surface area contributed by atoms with E-state index in [2.05, 4.69) is 45.2 Å². The van der Waals surface area contributed by atoms with Gasteiger partial charge in [-0.3, -0.25) is 23.0 Å². The third-order valence-electron chi connectivity index (χ3n) is 11.2. The number of ether oxygens (including phenoxy) is 4. The number of carboxylic acids is 1. The molecule has 0 aliphatic carbocycles. The smallest absolute Gasteiger partial charge is 0.325 e. The van der Waals surface area contributed by atoms with Crippen LogP contribution in [-0.2, 0) is 65.5 Å². The van der Waals surface area contributed by atoms with Gasteiger partial charge in [-0.05, 0) is 30.0 Å². The molecule has 9 heterocycles. The lowest BCUT2D eigenvalue weighted by atomic mass is 10.1. The number of carboxylic acid groups (broad SMARTS) is 1. The summed E-state index contributed by atoms with van der Waals surface area (Å²) in [6.07, 6.45) is -6.15. The molecule has 0 spiro atoms. The van der Waals surface area contributed by atoms with Crippen LogP contribution in [0.1, 0.15) is 43.6 Å². The Balaban J connectivity index is 0.916. The molecule has 66 heavy (non-hydrogen) atoms. The van der Waals surface area contributed by atoms with E-state index in [0.717, 1.165) is 0 Å². The van der Waals surface area contributed by atoms with E-state index in [4.69, 9.17) is 77.9 Å². The Morgan fingerprint density at radius 3 is 2.06 bits per heavy atom. The maximum absolute atomic E-state index is 11.6. The highest BCUT2D eigenvalue weighted by Gasteiger charge is 2.52. The van der Waals surface area contributed by atoms with Gasteiger partial charge in [0.25, 0.3) is 0 Å². The van der Waals surface area contributed by atoms with E-state index in [1.807, 2.05) is 0 Å². The molecule has 4 aliphatic rings. The summed E-state index contributed by atoms with van der Waals surface area (Å²) < 4.78 is 52.7. The van der Waals surface area contributed by atoms with Crippen molar-refractivity contribution in [3.8, 4) is 0 Å². The number of fused-ring (bicyclic) bond motifs is 3. The largest absolute Gasteiger partial charge is 0.481 e. The van der Waals surface area contributed by atoms with Crippen LogP contribution in [0.5, 0.6) is 0 Å². The fraction of sp³-hybridized carbons (Fsp3) is 0.545. The Morgan fingerprint density at radius 1 is 0.803 bits per heavy atom. The monoisotopic (exact) mass is 999 g/mol. The first kappa shape index (κ1) is 46.6. The number of hydrogen-bond acceptors (Lipinski definition) is 25. The standard InChI is InChI=1S/C33H43N15O14P2S2/c1-55-23-16(6-57-63(53,65)61-14-4-13(2-3-17(49)50)58-31(14)46-10-43-18-25(34)37-7-40-28(18)46)60-33(48-12-45-20-27(36)39-9-42-30(20)48)24(23)62-64(54,66)56-5-15-21(51)22(52)32(59-15)47-11-44-19-26(35)38-8-41-29(19)47/h7-8,10-16,21-24,31-33,42,51-52H,2-6,9H2,1H3,(H2,36,39)(H,49,50)(H,53,65)(H,54,66)(H2,34,37,40)(H2,35,38,41). The number of nitrogens with zero attached hydrogens (tertiary/aromatic N) is 11. The fourth-order valence-corrected chi connectivity index (χ4v) is 11.0. The van der Waals surface area contributed by atoms with Gasteiger partial charge >= 0.3 is 19.4 Å². The summed E-state index contributed by atoms with van der Waals surface area (Å²) in [5.41, 5.74) is 19.4. The van der Waals surface area contributed by atoms with Gasteiger partial charge in [0.1, 0.15) is 90.4 Å². The Bertz CT molecular complexity index is 2750. The number of hydrogen-bond donors (Lipinski definition) is 9. The second kappa shape index (κ2) is 18.5. The number of nitrogens with one attached hydrogen (secondary N) is 1. The van der Waals surface area contributed by atoms with Crippen molar-refractivity contribution in [2.45, 2.75) is 86.8 Å². The van der Waals surface area contributed by atoms with Crippen molar-refractivity contribution < 1.29 is 66.9 Å². The third-order valence-corrected chi connectivity index (χ3v) is 14.3. The molecule has 5 aromatic rings. The Morgan fingerprint density at radius 2 is 1.41 bits per heavy atom. The van der Waals surface area contributed by atoms with Gasteiger partial charge in [0.05, 0.1) is 38.3 Å². The van der Waals surface area contributed by atoms with Gasteiger partial charge < -0.3 is 80.1 Å². The number of nitrogen functional groups attached to an aromatic ring is 2. The van der Waals surface area contributed by atoms with Gasteiger partial charge in [0.15, 0.2) is 41.6 Å². The number of aliphatic imine (C=N–C) groups is 1. The van der Waals surface area contributed by atoms with Gasteiger partial charge in [0, 0.05) is 20.0 Å². The molecule has 13 unspecified atom stereocenters. The summed E-state index contributed by atoms with van der Waals surface area (Å²) in [6, 6.07) is 0. The van der Waals surface area contributed by atoms with Gasteiger partial charge in [-0.15, -0.1) is 0 Å². The van der Waals surface area contributed by atoms with Crippen molar-refractivity contribution in [3.05, 3.63) is 37.3 Å². The number of aromatic nitrogens is 10. The van der Waals surface area contributed by atoms with E-state index in [0.29, 0.717) is 17.2 Å². The normalized spacial score (nSPS) is 30.6. The molecule has 13 atom stereocenters. The van der Waals surface area contributed by atoms with Crippen molar-refractivity contribution in [1.29, 1.82) is 0 Å². The van der Waals surface area contributed by atoms with E-state index < -0.39 is 100 Å². The molecule has 12 N–H and O–H groups in total. The van der Waals surface area contributed by atoms with Crippen LogP contribution in [-0.4, -0.2) is 161 Å². The predicted molar refractivity (Wildman–Crippen MR) is 232 cm³/mol. The molecule has 33 heteroatoms. The van der Waals surface area contributed by atoms with E-state index in [-0.39, 0.29) is 60.1 Å². The molecular formula is C33H43N15O14P2S2. The highest BCUT2D eigenvalue weighted by atomic mass is 32.5. The Kier molecular flexibility index (Phi) is 13.1. The summed E-state index contributed by atoms with van der Waals surface area (Å²) in [5.74, 6) is -0.296. The summed E-state index contributed by atoms with van der Waals surface area (Å²) in [7, 11) is 1.34. The molecule has 0 saturated carbocycles. The molecule has 0 aromatic carbocycles. The number of aliphatic carboxylic acids is 1. The van der Waals surface area contributed by atoms with Crippen LogP contribution in [0.25, 0.3) is 22.3 Å². The maximum atomic E-state index is 11.6. The van der Waals surface area contributed by atoms with Gasteiger partial charge in [0.2, 0.25) is 0 Å². The molecule has 5 aromatic heterocycles. The van der Waals surface area contributed by atoms with Crippen LogP contribution in [0, 0.1) is 0 Å². The molecule has 0 bridgehead atoms. The SMILES string of the molecule is COC1C(COP(O)(=S)OC2CC(CCC(=O)O)OC2n2cnc3c(N)ncnc32)OC(n2cnc3c2NCN=C3N)C1OP(O)(=S)OCC1OC(n2cnc3c(N)ncnc32)C(O)C1O. The lowest BCUT2D eigenvalue weighted by Gasteiger charge is -2.29. The zero-order valence-electron chi connectivity index (χ0n) is 34.3. The topological polar surface area (TPSA) is 400 Å². The number of rotatable bonds is 17. The average molecular weight is 1000 g/mol. The number of imidazole rings is 3. The minimum Gasteiger partial charge on any atom is -0.481 e. The lowest BCUT2D eigenvalue weighted by molar-refractivity contribution is -0.138. The number of anilines is 3. The number of aliphatic hydroxyl groups excluding tert-OH is 2. The fourth-order valence-electron chi connectivity index (χ4n) is 8.11. The minimum atomic E-state index is -4.33. The molecule has 3 fully saturated rings. The van der Waals surface area contributed by atoms with Crippen LogP contribution < -0.4 is 22.5 Å². The van der Waals surface area contributed by atoms with Crippen molar-refractivity contribution in [3.63, 3.8) is 0 Å². The van der Waals surface area contributed by atoms with Crippen LogP contribution in [0.3, 0.4) is 0 Å². The first-order valence-corrected chi connectivity index (χ1v) is 25.1. The second-order valence-corrected chi connectivity index (χ2v) is 20.8. The first-order valence-electron chi connectivity index (χ1n) is 19.9. The maximum Gasteiger partial charge on any atom is 0.325 e. The van der Waals surface area contributed by atoms with E-state index >= 15 is 0 Å². The third kappa shape index (κ3) is 9.10. The minimum absolute atomic E-state index is 0.0961. The van der Waals surface area contributed by atoms with Crippen molar-refractivity contribution in [2.24, 2.45) is 10.7 Å². The number of methoxy groups -OCH3 is 1. The van der Waals surface area contributed by atoms with E-state index in [1.54, 1.807) is 0 Å². The average Bonchev–Trinajstić information content (AvgIpc) is 4.14. The number of carbonyl (C=O) groups is 1. The van der Waals surface area contributed by atoms with Gasteiger partial charge in [-0.2, -0.15) is 0 Å². The molecule has 0 radical (unpaired) electrons. The zero-order valence-corrected chi connectivity index (χ0v) is 37.7. The van der Waals surface area contributed by atoms with E-state index in [9.17, 15) is 29.9 Å². The summed E-state index contributed by atoms with van der Waals surface area (Å²) in [6.45, 7) is -9.45. The van der Waals surface area contributed by atoms with Crippen LogP contribution in [0.4, 0.5) is 17.5 Å². The van der Waals surface area contributed by atoms with Gasteiger partial charge in [-0.1, -0.05) is 0 Å². The quantitative estimate of drug-likeness (QED) is 0.0491. The van der Waals surface area contributed by atoms with Crippen LogP contribution >= 0.6 is 13.4 Å². The molecule has 0 amide bonds. The number of amidine groups is 1. The molecule has 4 aliphatic heterocycles. The van der Waals surface area contributed by atoms with Crippen molar-refractivity contribution in [2.75, 3.05) is 43.8 Å². The molecule has 356 valence electrons.